The average molecular weight is 367 g/mol. The zero-order valence-corrected chi connectivity index (χ0v) is 15.8. The van der Waals surface area contributed by atoms with Crippen molar-refractivity contribution in [1.29, 1.82) is 0 Å². The number of imide groups is 1. The molecule has 0 bridgehead atoms. The Labute approximate surface area is 158 Å². The lowest BCUT2D eigenvalue weighted by Gasteiger charge is -2.36. The molecule has 27 heavy (non-hydrogen) atoms. The van der Waals surface area contributed by atoms with E-state index in [-0.39, 0.29) is 23.8 Å². The van der Waals surface area contributed by atoms with Gasteiger partial charge in [0, 0.05) is 23.8 Å². The first-order valence-electron chi connectivity index (χ1n) is 10.1. The number of amides is 3. The van der Waals surface area contributed by atoms with E-state index in [0.717, 1.165) is 49.0 Å². The van der Waals surface area contributed by atoms with Crippen LogP contribution in [0.3, 0.4) is 0 Å². The molecule has 4 atom stereocenters. The van der Waals surface area contributed by atoms with Crippen molar-refractivity contribution in [3.05, 3.63) is 29.3 Å². The monoisotopic (exact) mass is 367 g/mol. The van der Waals surface area contributed by atoms with Crippen LogP contribution in [-0.2, 0) is 19.9 Å². The van der Waals surface area contributed by atoms with Gasteiger partial charge in [-0.3, -0.25) is 24.2 Å². The number of nitrogens with zero attached hydrogens (tertiary/aromatic N) is 2. The van der Waals surface area contributed by atoms with Gasteiger partial charge in [-0.1, -0.05) is 31.0 Å². The highest BCUT2D eigenvalue weighted by Crippen LogP contribution is 2.60. The molecular weight excluding hydrogens is 342 g/mol. The van der Waals surface area contributed by atoms with Crippen LogP contribution in [0.1, 0.15) is 43.7 Å². The minimum atomic E-state index is -1.03. The third-order valence-electron chi connectivity index (χ3n) is 6.97. The minimum absolute atomic E-state index is 0.0183. The first-order valence-corrected chi connectivity index (χ1v) is 10.1. The summed E-state index contributed by atoms with van der Waals surface area (Å²) in [6.45, 7) is 5.27. The first-order chi connectivity index (χ1) is 13.0. The number of hydrogen-bond acceptors (Lipinski definition) is 4. The van der Waals surface area contributed by atoms with E-state index < -0.39 is 17.4 Å². The maximum Gasteiger partial charge on any atom is 0.250 e. The Hall–Kier alpha value is -2.21. The standard InChI is InChI=1S/C21H25N3O3/c1-3-4-9-23-18(25)16-15-6-5-10-24(15)21(17(16)19(23)26)13-11-12(2)7-8-14(13)22-20(21)27/h7-8,11,15-17H,3-6,9-10H2,1-2H3,(H,22,27). The van der Waals surface area contributed by atoms with Gasteiger partial charge in [-0.15, -0.1) is 0 Å². The van der Waals surface area contributed by atoms with E-state index >= 15 is 0 Å². The van der Waals surface area contributed by atoms with Crippen molar-refractivity contribution < 1.29 is 14.4 Å². The molecule has 0 aliphatic carbocycles. The molecule has 3 amide bonds. The summed E-state index contributed by atoms with van der Waals surface area (Å²) in [6, 6.07) is 5.90. The predicted octanol–water partition coefficient (Wildman–Crippen LogP) is 2.02. The van der Waals surface area contributed by atoms with Crippen molar-refractivity contribution >= 4 is 23.4 Å². The first kappa shape index (κ1) is 16.9. The Morgan fingerprint density at radius 3 is 2.81 bits per heavy atom. The fraction of sp³-hybridized carbons (Fsp3) is 0.571. The summed E-state index contributed by atoms with van der Waals surface area (Å²) in [6.07, 6.45) is 3.56. The highest BCUT2D eigenvalue weighted by molar-refractivity contribution is 6.15. The third kappa shape index (κ3) is 1.92. The molecule has 1 aromatic carbocycles. The topological polar surface area (TPSA) is 69.7 Å². The maximum atomic E-state index is 13.4. The van der Waals surface area contributed by atoms with Gasteiger partial charge < -0.3 is 5.32 Å². The molecule has 1 spiro atoms. The molecule has 0 radical (unpaired) electrons. The van der Waals surface area contributed by atoms with Crippen LogP contribution in [0.15, 0.2) is 18.2 Å². The lowest BCUT2D eigenvalue weighted by atomic mass is 9.75. The zero-order chi connectivity index (χ0) is 18.9. The smallest absolute Gasteiger partial charge is 0.250 e. The zero-order valence-electron chi connectivity index (χ0n) is 15.8. The van der Waals surface area contributed by atoms with Crippen LogP contribution in [0.2, 0.25) is 0 Å². The van der Waals surface area contributed by atoms with Gasteiger partial charge in [-0.05, 0) is 38.8 Å². The summed E-state index contributed by atoms with van der Waals surface area (Å²) in [5.74, 6) is -1.36. The number of benzene rings is 1. The van der Waals surface area contributed by atoms with Crippen LogP contribution in [-0.4, -0.2) is 46.7 Å². The van der Waals surface area contributed by atoms with Crippen LogP contribution in [0.5, 0.6) is 0 Å². The van der Waals surface area contributed by atoms with E-state index in [1.54, 1.807) is 0 Å². The Balaban J connectivity index is 1.69. The van der Waals surface area contributed by atoms with E-state index in [0.29, 0.717) is 6.54 Å². The average Bonchev–Trinajstić information content (AvgIpc) is 3.33. The quantitative estimate of drug-likeness (QED) is 0.830. The Bertz CT molecular complexity index is 866. The van der Waals surface area contributed by atoms with E-state index in [4.69, 9.17) is 0 Å². The van der Waals surface area contributed by atoms with Gasteiger partial charge >= 0.3 is 0 Å². The van der Waals surface area contributed by atoms with Gasteiger partial charge in [0.05, 0.1) is 11.8 Å². The molecule has 4 aliphatic heterocycles. The Morgan fingerprint density at radius 2 is 2.04 bits per heavy atom. The molecule has 4 unspecified atom stereocenters. The second kappa shape index (κ2) is 5.64. The molecule has 5 rings (SSSR count). The molecule has 6 heteroatoms. The molecule has 3 saturated heterocycles. The van der Waals surface area contributed by atoms with Crippen LogP contribution >= 0.6 is 0 Å². The number of fused-ring (bicyclic) bond motifs is 7. The number of carbonyl (C=O) groups is 3. The van der Waals surface area contributed by atoms with Crippen molar-refractivity contribution in [2.45, 2.75) is 51.1 Å². The largest absolute Gasteiger partial charge is 0.324 e. The number of aryl methyl sites for hydroxylation is 1. The molecule has 4 aliphatic rings. The van der Waals surface area contributed by atoms with Gasteiger partial charge in [0.25, 0.3) is 0 Å². The van der Waals surface area contributed by atoms with Crippen molar-refractivity contribution in [3.8, 4) is 0 Å². The lowest BCUT2D eigenvalue weighted by Crippen LogP contribution is -2.54. The number of hydrogen-bond donors (Lipinski definition) is 1. The number of nitrogens with one attached hydrogen (secondary N) is 1. The molecule has 1 N–H and O–H groups in total. The molecule has 1 aromatic rings. The SMILES string of the molecule is CCCCN1C(=O)C2C3CCCN3C3(C(=O)Nc4ccc(C)cc43)C2C1=O. The molecule has 0 aromatic heterocycles. The molecule has 4 heterocycles. The number of likely N-dealkylation sites (tertiary alicyclic amines) is 1. The lowest BCUT2D eigenvalue weighted by molar-refractivity contribution is -0.145. The molecule has 6 nitrogen and oxygen atoms in total. The van der Waals surface area contributed by atoms with Crippen LogP contribution in [0, 0.1) is 18.8 Å². The Morgan fingerprint density at radius 1 is 1.22 bits per heavy atom. The number of rotatable bonds is 3. The van der Waals surface area contributed by atoms with Gasteiger partial charge in [-0.25, -0.2) is 0 Å². The van der Waals surface area contributed by atoms with E-state index in [2.05, 4.69) is 17.1 Å². The fourth-order valence-electron chi connectivity index (χ4n) is 5.91. The van der Waals surface area contributed by atoms with Gasteiger partial charge in [0.2, 0.25) is 17.7 Å². The number of anilines is 1. The van der Waals surface area contributed by atoms with Crippen LogP contribution < -0.4 is 5.32 Å². The summed E-state index contributed by atoms with van der Waals surface area (Å²) in [4.78, 5) is 43.7. The van der Waals surface area contributed by atoms with Crippen molar-refractivity contribution in [2.24, 2.45) is 11.8 Å². The minimum Gasteiger partial charge on any atom is -0.324 e. The summed E-state index contributed by atoms with van der Waals surface area (Å²) in [5, 5.41) is 3.01. The number of carbonyl (C=O) groups excluding carboxylic acids is 3. The highest BCUT2D eigenvalue weighted by Gasteiger charge is 2.74. The van der Waals surface area contributed by atoms with Gasteiger partial charge in [-0.2, -0.15) is 0 Å². The third-order valence-corrected chi connectivity index (χ3v) is 6.97. The van der Waals surface area contributed by atoms with Gasteiger partial charge in [0.1, 0.15) is 5.54 Å². The molecule has 3 fully saturated rings. The summed E-state index contributed by atoms with van der Waals surface area (Å²) >= 11 is 0. The molecular formula is C21H25N3O3. The second-order valence-electron chi connectivity index (χ2n) is 8.36. The Kier molecular flexibility index (Phi) is 3.54. The van der Waals surface area contributed by atoms with Crippen LogP contribution in [0.4, 0.5) is 5.69 Å². The highest BCUT2D eigenvalue weighted by atomic mass is 16.2. The molecule has 142 valence electrons. The van der Waals surface area contributed by atoms with E-state index in [1.165, 1.54) is 4.90 Å². The predicted molar refractivity (Wildman–Crippen MR) is 99.8 cm³/mol. The summed E-state index contributed by atoms with van der Waals surface area (Å²) < 4.78 is 0. The fourth-order valence-corrected chi connectivity index (χ4v) is 5.91. The second-order valence-corrected chi connectivity index (χ2v) is 8.36. The van der Waals surface area contributed by atoms with E-state index in [1.807, 2.05) is 25.1 Å². The summed E-state index contributed by atoms with van der Waals surface area (Å²) in [5.41, 5.74) is 1.69. The maximum absolute atomic E-state index is 13.4. The van der Waals surface area contributed by atoms with Crippen LogP contribution in [0.25, 0.3) is 0 Å². The van der Waals surface area contributed by atoms with Crippen molar-refractivity contribution in [2.75, 3.05) is 18.4 Å². The van der Waals surface area contributed by atoms with Crippen molar-refractivity contribution in [3.63, 3.8) is 0 Å². The van der Waals surface area contributed by atoms with Crippen molar-refractivity contribution in [1.82, 2.24) is 9.80 Å². The summed E-state index contributed by atoms with van der Waals surface area (Å²) in [7, 11) is 0. The normalized spacial score (nSPS) is 34.4. The van der Waals surface area contributed by atoms with E-state index in [9.17, 15) is 14.4 Å². The van der Waals surface area contributed by atoms with Gasteiger partial charge in [0.15, 0.2) is 0 Å². The molecule has 0 saturated carbocycles. The number of unbranched alkanes of at least 4 members (excludes halogenated alkanes) is 1.